The van der Waals surface area contributed by atoms with E-state index in [1.165, 1.54) is 0 Å². The Kier molecular flexibility index (Phi) is 7.27. The van der Waals surface area contributed by atoms with E-state index in [1.54, 1.807) is 0 Å². The maximum Gasteiger partial charge on any atom is 0.0826 e. The van der Waals surface area contributed by atoms with Crippen LogP contribution in [0.4, 0.5) is 0 Å². The van der Waals surface area contributed by atoms with Crippen molar-refractivity contribution in [2.45, 2.75) is 32.9 Å². The number of nitrogens with one attached hydrogen (secondary N) is 1. The summed E-state index contributed by atoms with van der Waals surface area (Å²) >= 11 is 0. The van der Waals surface area contributed by atoms with Crippen LogP contribution in [0.5, 0.6) is 0 Å². The molecule has 1 fully saturated rings. The number of hydrogen-bond donors (Lipinski definition) is 1. The third kappa shape index (κ3) is 5.95. The second kappa shape index (κ2) is 8.19. The highest BCUT2D eigenvalue weighted by molar-refractivity contribution is 7.84. The fourth-order valence-electron chi connectivity index (χ4n) is 1.93. The zero-order valence-electron chi connectivity index (χ0n) is 11.3. The van der Waals surface area contributed by atoms with Crippen molar-refractivity contribution in [1.82, 2.24) is 10.2 Å². The number of ether oxygens (including phenoxy) is 1. The maximum atomic E-state index is 11.2. The van der Waals surface area contributed by atoms with E-state index in [4.69, 9.17) is 4.74 Å². The lowest BCUT2D eigenvalue weighted by Gasteiger charge is -2.35. The van der Waals surface area contributed by atoms with Crippen LogP contribution < -0.4 is 5.32 Å². The molecule has 0 aromatic carbocycles. The molecule has 0 aromatic heterocycles. The normalized spacial score (nSPS) is 24.1. The number of hydrogen-bond acceptors (Lipinski definition) is 4. The minimum absolute atomic E-state index is 0.279. The molecule has 0 saturated carbocycles. The molecule has 1 saturated heterocycles. The van der Waals surface area contributed by atoms with Gasteiger partial charge in [0.1, 0.15) is 0 Å². The Balaban J connectivity index is 2.12. The molecule has 102 valence electrons. The van der Waals surface area contributed by atoms with Gasteiger partial charge in [0.15, 0.2) is 0 Å². The summed E-state index contributed by atoms with van der Waals surface area (Å²) in [7, 11) is -0.661. The fraction of sp³-hybridized carbons (Fsp3) is 1.00. The number of rotatable bonds is 7. The Morgan fingerprint density at radius 1 is 1.53 bits per heavy atom. The standard InChI is InChI=1S/C12H26N2O2S/c1-4-17(15)8-5-13-9-12-10-14(11(2)3)6-7-16-12/h11-13H,4-10H2,1-3H3. The van der Waals surface area contributed by atoms with Crippen LogP contribution in [0.1, 0.15) is 20.8 Å². The van der Waals surface area contributed by atoms with Crippen molar-refractivity contribution < 1.29 is 8.95 Å². The predicted molar refractivity (Wildman–Crippen MR) is 72.9 cm³/mol. The molecule has 0 radical (unpaired) electrons. The van der Waals surface area contributed by atoms with Crippen molar-refractivity contribution in [2.75, 3.05) is 44.3 Å². The van der Waals surface area contributed by atoms with E-state index in [1.807, 2.05) is 6.92 Å². The third-order valence-corrected chi connectivity index (χ3v) is 4.40. The van der Waals surface area contributed by atoms with E-state index in [0.717, 1.165) is 44.3 Å². The van der Waals surface area contributed by atoms with Gasteiger partial charge in [-0.15, -0.1) is 0 Å². The molecule has 0 amide bonds. The minimum Gasteiger partial charge on any atom is -0.374 e. The quantitative estimate of drug-likeness (QED) is 0.677. The maximum absolute atomic E-state index is 11.2. The lowest BCUT2D eigenvalue weighted by atomic mass is 10.2. The van der Waals surface area contributed by atoms with Gasteiger partial charge < -0.3 is 10.1 Å². The van der Waals surface area contributed by atoms with Crippen LogP contribution in [0, 0.1) is 0 Å². The molecule has 0 bridgehead atoms. The number of morpholine rings is 1. The Bertz CT molecular complexity index is 237. The van der Waals surface area contributed by atoms with Crippen molar-refractivity contribution >= 4 is 10.8 Å². The molecule has 1 aliphatic rings. The van der Waals surface area contributed by atoms with Gasteiger partial charge in [-0.1, -0.05) is 6.92 Å². The highest BCUT2D eigenvalue weighted by atomic mass is 32.2. The summed E-state index contributed by atoms with van der Waals surface area (Å²) in [6.45, 7) is 11.0. The first-order valence-electron chi connectivity index (χ1n) is 6.54. The topological polar surface area (TPSA) is 41.6 Å². The van der Waals surface area contributed by atoms with Gasteiger partial charge in [0.25, 0.3) is 0 Å². The summed E-state index contributed by atoms with van der Waals surface area (Å²) in [5.41, 5.74) is 0. The summed E-state index contributed by atoms with van der Waals surface area (Å²) in [5, 5.41) is 3.34. The Morgan fingerprint density at radius 2 is 2.29 bits per heavy atom. The lowest BCUT2D eigenvalue weighted by Crippen LogP contribution is -2.49. The Morgan fingerprint density at radius 3 is 2.94 bits per heavy atom. The predicted octanol–water partition coefficient (Wildman–Crippen LogP) is 0.454. The molecule has 2 unspecified atom stereocenters. The van der Waals surface area contributed by atoms with E-state index in [0.29, 0.717) is 6.04 Å². The lowest BCUT2D eigenvalue weighted by molar-refractivity contribution is -0.0369. The molecule has 0 spiro atoms. The van der Waals surface area contributed by atoms with Crippen molar-refractivity contribution in [3.05, 3.63) is 0 Å². The van der Waals surface area contributed by atoms with Crippen molar-refractivity contribution in [1.29, 1.82) is 0 Å². The molecule has 1 heterocycles. The first-order valence-corrected chi connectivity index (χ1v) is 8.03. The summed E-state index contributed by atoms with van der Waals surface area (Å²) in [6.07, 6.45) is 0.279. The van der Waals surface area contributed by atoms with E-state index in [-0.39, 0.29) is 6.10 Å². The highest BCUT2D eigenvalue weighted by Crippen LogP contribution is 2.07. The SMILES string of the molecule is CCS(=O)CCNCC1CN(C(C)C)CCO1. The van der Waals surface area contributed by atoms with Crippen LogP contribution in [0.3, 0.4) is 0 Å². The molecular formula is C12H26N2O2S. The monoisotopic (exact) mass is 262 g/mol. The van der Waals surface area contributed by atoms with Gasteiger partial charge in [-0.2, -0.15) is 0 Å². The van der Waals surface area contributed by atoms with Crippen LogP contribution in [0.15, 0.2) is 0 Å². The van der Waals surface area contributed by atoms with Crippen molar-refractivity contribution in [3.63, 3.8) is 0 Å². The molecule has 2 atom stereocenters. The average molecular weight is 262 g/mol. The molecule has 0 aromatic rings. The Hall–Kier alpha value is 0.0300. The van der Waals surface area contributed by atoms with Crippen LogP contribution in [-0.2, 0) is 15.5 Å². The average Bonchev–Trinajstić information content (AvgIpc) is 2.34. The van der Waals surface area contributed by atoms with Gasteiger partial charge in [0.05, 0.1) is 12.7 Å². The molecular weight excluding hydrogens is 236 g/mol. The van der Waals surface area contributed by atoms with Gasteiger partial charge in [0.2, 0.25) is 0 Å². The first kappa shape index (κ1) is 15.1. The zero-order valence-corrected chi connectivity index (χ0v) is 12.1. The van der Waals surface area contributed by atoms with Crippen LogP contribution in [-0.4, -0.2) is 65.5 Å². The zero-order chi connectivity index (χ0) is 12.7. The van der Waals surface area contributed by atoms with E-state index < -0.39 is 10.8 Å². The van der Waals surface area contributed by atoms with Gasteiger partial charge >= 0.3 is 0 Å². The fourth-order valence-corrected chi connectivity index (χ4v) is 2.59. The third-order valence-electron chi connectivity index (χ3n) is 3.10. The second-order valence-electron chi connectivity index (χ2n) is 4.72. The van der Waals surface area contributed by atoms with Crippen molar-refractivity contribution in [2.24, 2.45) is 0 Å². The van der Waals surface area contributed by atoms with Gasteiger partial charge in [-0.05, 0) is 13.8 Å². The number of nitrogens with zero attached hydrogens (tertiary/aromatic N) is 1. The Labute approximate surface area is 108 Å². The van der Waals surface area contributed by atoms with Crippen LogP contribution in [0.2, 0.25) is 0 Å². The molecule has 4 nitrogen and oxygen atoms in total. The molecule has 17 heavy (non-hydrogen) atoms. The largest absolute Gasteiger partial charge is 0.374 e. The highest BCUT2D eigenvalue weighted by Gasteiger charge is 2.21. The molecule has 0 aliphatic carbocycles. The van der Waals surface area contributed by atoms with E-state index in [2.05, 4.69) is 24.1 Å². The molecule has 1 N–H and O–H groups in total. The van der Waals surface area contributed by atoms with Gasteiger partial charge in [-0.25, -0.2) is 0 Å². The summed E-state index contributed by atoms with van der Waals surface area (Å²) in [6, 6.07) is 0.592. The minimum atomic E-state index is -0.661. The summed E-state index contributed by atoms with van der Waals surface area (Å²) in [5.74, 6) is 1.50. The van der Waals surface area contributed by atoms with E-state index >= 15 is 0 Å². The second-order valence-corrected chi connectivity index (χ2v) is 6.58. The smallest absolute Gasteiger partial charge is 0.0826 e. The molecule has 1 rings (SSSR count). The van der Waals surface area contributed by atoms with Crippen LogP contribution in [0.25, 0.3) is 0 Å². The van der Waals surface area contributed by atoms with E-state index in [9.17, 15) is 4.21 Å². The van der Waals surface area contributed by atoms with Crippen LogP contribution >= 0.6 is 0 Å². The first-order chi connectivity index (χ1) is 8.13. The summed E-state index contributed by atoms with van der Waals surface area (Å²) in [4.78, 5) is 2.44. The van der Waals surface area contributed by atoms with Gasteiger partial charge in [0, 0.05) is 54.5 Å². The molecule has 1 aliphatic heterocycles. The van der Waals surface area contributed by atoms with Gasteiger partial charge in [-0.3, -0.25) is 9.11 Å². The van der Waals surface area contributed by atoms with Crippen molar-refractivity contribution in [3.8, 4) is 0 Å². The summed E-state index contributed by atoms with van der Waals surface area (Å²) < 4.78 is 16.9. The molecule has 5 heteroatoms.